The molecule has 2 aromatic rings. The first-order valence-corrected chi connectivity index (χ1v) is 11.8. The van der Waals surface area contributed by atoms with Crippen molar-refractivity contribution in [1.29, 1.82) is 0 Å². The number of rotatable bonds is 5. The number of hydrogen-bond donors (Lipinski definition) is 1. The van der Waals surface area contributed by atoms with Gasteiger partial charge >= 0.3 is 6.03 Å². The largest absolute Gasteiger partial charge is 0.334 e. The molecule has 4 amide bonds. The monoisotopic (exact) mass is 463 g/mol. The highest BCUT2D eigenvalue weighted by molar-refractivity contribution is 5.91. The number of piperazine rings is 1. The summed E-state index contributed by atoms with van der Waals surface area (Å²) in [6, 6.07) is 18.4. The van der Waals surface area contributed by atoms with Gasteiger partial charge in [-0.25, -0.2) is 14.8 Å². The number of urea groups is 1. The average Bonchev–Trinajstić information content (AvgIpc) is 2.83. The highest BCUT2D eigenvalue weighted by Crippen LogP contribution is 2.33. The molecule has 1 N–H and O–H groups in total. The summed E-state index contributed by atoms with van der Waals surface area (Å²) in [5.74, 6) is -0.314. The van der Waals surface area contributed by atoms with Crippen molar-refractivity contribution >= 4 is 17.8 Å². The van der Waals surface area contributed by atoms with Crippen LogP contribution in [0.5, 0.6) is 0 Å². The fraction of sp³-hybridized carbons (Fsp3) is 0.423. The fourth-order valence-corrected chi connectivity index (χ4v) is 4.94. The second-order valence-corrected chi connectivity index (χ2v) is 9.35. The summed E-state index contributed by atoms with van der Waals surface area (Å²) in [5.41, 5.74) is 2.00. The van der Waals surface area contributed by atoms with Crippen LogP contribution in [0.2, 0.25) is 0 Å². The first-order valence-electron chi connectivity index (χ1n) is 11.8. The number of nitrogens with one attached hydrogen (secondary N) is 1. The minimum Gasteiger partial charge on any atom is -0.333 e. The average molecular weight is 464 g/mol. The van der Waals surface area contributed by atoms with E-state index in [-0.39, 0.29) is 42.9 Å². The molecular weight excluding hydrogens is 430 g/mol. The van der Waals surface area contributed by atoms with Crippen LogP contribution in [0.3, 0.4) is 0 Å². The molecule has 2 fully saturated rings. The lowest BCUT2D eigenvalue weighted by Gasteiger charge is -2.56. The standard InChI is InChI=1S/C26H33N5O3/c1-18(2)24-25(33)29(19(3)21-13-9-6-10-14-21)16-22-30(24)23(32)17-28(4)31(22)26(34)27-15-20-11-7-5-8-12-20/h5-14,18-19,22,24H,15-17H2,1-4H3,(H,27,34)/t19?,22-,24-/m0/s1. The Kier molecular flexibility index (Phi) is 6.88. The Morgan fingerprint density at radius 3 is 2.24 bits per heavy atom. The Labute approximate surface area is 201 Å². The molecule has 0 spiro atoms. The molecular formula is C26H33N5O3. The summed E-state index contributed by atoms with van der Waals surface area (Å²) in [5, 5.41) is 6.23. The Bertz CT molecular complexity index is 1030. The quantitative estimate of drug-likeness (QED) is 0.740. The van der Waals surface area contributed by atoms with Crippen LogP contribution in [0, 0.1) is 5.92 Å². The molecule has 0 aliphatic carbocycles. The number of hydrazine groups is 1. The number of nitrogens with zero attached hydrogens (tertiary/aromatic N) is 4. The van der Waals surface area contributed by atoms with Gasteiger partial charge in [0.15, 0.2) is 0 Å². The van der Waals surface area contributed by atoms with Gasteiger partial charge in [-0.1, -0.05) is 74.5 Å². The summed E-state index contributed by atoms with van der Waals surface area (Å²) in [6.07, 6.45) is -0.585. The molecule has 0 aromatic heterocycles. The molecule has 180 valence electrons. The third kappa shape index (κ3) is 4.50. The maximum Gasteiger partial charge on any atom is 0.334 e. The fourth-order valence-electron chi connectivity index (χ4n) is 4.94. The molecule has 2 aromatic carbocycles. The smallest absolute Gasteiger partial charge is 0.333 e. The zero-order chi connectivity index (χ0) is 24.4. The molecule has 8 heteroatoms. The van der Waals surface area contributed by atoms with E-state index in [4.69, 9.17) is 0 Å². The molecule has 3 atom stereocenters. The highest BCUT2D eigenvalue weighted by atomic mass is 16.2. The van der Waals surface area contributed by atoms with Crippen LogP contribution in [0.15, 0.2) is 60.7 Å². The topological polar surface area (TPSA) is 76.2 Å². The van der Waals surface area contributed by atoms with Gasteiger partial charge in [0.05, 0.1) is 19.1 Å². The maximum atomic E-state index is 13.7. The molecule has 2 aliphatic rings. The van der Waals surface area contributed by atoms with Gasteiger partial charge in [-0.05, 0) is 24.0 Å². The van der Waals surface area contributed by atoms with Crippen molar-refractivity contribution in [3.63, 3.8) is 0 Å². The van der Waals surface area contributed by atoms with Crippen LogP contribution in [-0.4, -0.2) is 70.0 Å². The predicted molar refractivity (Wildman–Crippen MR) is 129 cm³/mol. The molecule has 0 saturated carbocycles. The Morgan fingerprint density at radius 1 is 1.00 bits per heavy atom. The van der Waals surface area contributed by atoms with Crippen molar-refractivity contribution in [2.45, 2.75) is 45.6 Å². The molecule has 4 rings (SSSR count). The van der Waals surface area contributed by atoms with Crippen LogP contribution >= 0.6 is 0 Å². The van der Waals surface area contributed by atoms with E-state index < -0.39 is 12.2 Å². The molecule has 2 aliphatic heterocycles. The van der Waals surface area contributed by atoms with Gasteiger partial charge in [-0.3, -0.25) is 9.59 Å². The SMILES string of the molecule is CC(C)[C@H]1C(=O)N(C(C)c2ccccc2)C[C@H]2N1C(=O)CN(C)N2C(=O)NCc1ccccc1. The molecule has 0 radical (unpaired) electrons. The van der Waals surface area contributed by atoms with E-state index in [1.54, 1.807) is 22.0 Å². The normalized spacial score (nSPS) is 22.1. The Hall–Kier alpha value is -3.39. The molecule has 34 heavy (non-hydrogen) atoms. The van der Waals surface area contributed by atoms with Crippen LogP contribution in [0.1, 0.15) is 37.9 Å². The number of likely N-dealkylation sites (N-methyl/N-ethyl adjacent to an activating group) is 1. The lowest BCUT2D eigenvalue weighted by atomic mass is 9.94. The first-order chi connectivity index (χ1) is 16.3. The third-order valence-electron chi connectivity index (χ3n) is 6.69. The number of benzene rings is 2. The summed E-state index contributed by atoms with van der Waals surface area (Å²) in [6.45, 7) is 6.55. The molecule has 1 unspecified atom stereocenters. The maximum absolute atomic E-state index is 13.7. The van der Waals surface area contributed by atoms with Crippen LogP contribution in [-0.2, 0) is 16.1 Å². The summed E-state index contributed by atoms with van der Waals surface area (Å²) in [4.78, 5) is 43.6. The lowest BCUT2D eigenvalue weighted by molar-refractivity contribution is -0.192. The third-order valence-corrected chi connectivity index (χ3v) is 6.69. The van der Waals surface area contributed by atoms with Crippen LogP contribution in [0.4, 0.5) is 4.79 Å². The van der Waals surface area contributed by atoms with E-state index in [0.29, 0.717) is 6.54 Å². The van der Waals surface area contributed by atoms with Gasteiger partial charge in [0.1, 0.15) is 12.2 Å². The van der Waals surface area contributed by atoms with Gasteiger partial charge < -0.3 is 15.1 Å². The predicted octanol–water partition coefficient (Wildman–Crippen LogP) is 2.84. The van der Waals surface area contributed by atoms with Crippen molar-refractivity contribution in [1.82, 2.24) is 25.1 Å². The Morgan fingerprint density at radius 2 is 1.62 bits per heavy atom. The van der Waals surface area contributed by atoms with Gasteiger partial charge in [-0.15, -0.1) is 0 Å². The first kappa shape index (κ1) is 23.8. The van der Waals surface area contributed by atoms with Crippen molar-refractivity contribution < 1.29 is 14.4 Å². The van der Waals surface area contributed by atoms with E-state index in [1.807, 2.05) is 86.3 Å². The van der Waals surface area contributed by atoms with Crippen molar-refractivity contribution in [2.75, 3.05) is 20.1 Å². The number of carbonyl (C=O) groups excluding carboxylic acids is 3. The number of amides is 4. The zero-order valence-electron chi connectivity index (χ0n) is 20.2. The minimum atomic E-state index is -0.629. The van der Waals surface area contributed by atoms with E-state index in [9.17, 15) is 14.4 Å². The second-order valence-electron chi connectivity index (χ2n) is 9.35. The lowest BCUT2D eigenvalue weighted by Crippen LogP contribution is -2.76. The van der Waals surface area contributed by atoms with Gasteiger partial charge in [0.2, 0.25) is 11.8 Å². The van der Waals surface area contributed by atoms with E-state index in [0.717, 1.165) is 11.1 Å². The highest BCUT2D eigenvalue weighted by Gasteiger charge is 2.52. The van der Waals surface area contributed by atoms with E-state index in [1.165, 1.54) is 0 Å². The van der Waals surface area contributed by atoms with Crippen LogP contribution in [0.25, 0.3) is 0 Å². The molecule has 2 saturated heterocycles. The van der Waals surface area contributed by atoms with Crippen molar-refractivity contribution in [2.24, 2.45) is 5.92 Å². The zero-order valence-corrected chi connectivity index (χ0v) is 20.2. The van der Waals surface area contributed by atoms with Gasteiger partial charge in [-0.2, -0.15) is 0 Å². The van der Waals surface area contributed by atoms with E-state index >= 15 is 0 Å². The van der Waals surface area contributed by atoms with Crippen molar-refractivity contribution in [3.8, 4) is 0 Å². The van der Waals surface area contributed by atoms with Crippen LogP contribution < -0.4 is 5.32 Å². The summed E-state index contributed by atoms with van der Waals surface area (Å²) >= 11 is 0. The molecule has 0 bridgehead atoms. The Balaban J connectivity index is 1.64. The summed E-state index contributed by atoms with van der Waals surface area (Å²) in [7, 11) is 1.74. The minimum absolute atomic E-state index is 0.0417. The number of fused-ring (bicyclic) bond motifs is 1. The van der Waals surface area contributed by atoms with Crippen molar-refractivity contribution in [3.05, 3.63) is 71.8 Å². The van der Waals surface area contributed by atoms with Gasteiger partial charge in [0, 0.05) is 13.6 Å². The van der Waals surface area contributed by atoms with E-state index in [2.05, 4.69) is 5.32 Å². The number of hydrogen-bond acceptors (Lipinski definition) is 4. The molecule has 8 nitrogen and oxygen atoms in total. The summed E-state index contributed by atoms with van der Waals surface area (Å²) < 4.78 is 0. The second kappa shape index (κ2) is 9.85. The van der Waals surface area contributed by atoms with Gasteiger partial charge in [0.25, 0.3) is 0 Å². The number of carbonyl (C=O) groups is 3. The molecule has 2 heterocycles.